The van der Waals surface area contributed by atoms with Crippen molar-refractivity contribution in [3.8, 4) is 5.75 Å². The van der Waals surface area contributed by atoms with E-state index in [0.29, 0.717) is 18.0 Å². The van der Waals surface area contributed by atoms with Crippen LogP contribution in [0.5, 0.6) is 5.75 Å². The molecule has 0 fully saturated rings. The Morgan fingerprint density at radius 1 is 1.18 bits per heavy atom. The summed E-state index contributed by atoms with van der Waals surface area (Å²) >= 11 is 6.05. The van der Waals surface area contributed by atoms with Crippen molar-refractivity contribution in [1.82, 2.24) is 5.32 Å². The van der Waals surface area contributed by atoms with Crippen LogP contribution in [0.3, 0.4) is 0 Å². The molecule has 28 heavy (non-hydrogen) atoms. The van der Waals surface area contributed by atoms with Crippen molar-refractivity contribution < 1.29 is 19.1 Å². The van der Waals surface area contributed by atoms with Crippen LogP contribution in [0.25, 0.3) is 6.08 Å². The third kappa shape index (κ3) is 6.74. The van der Waals surface area contributed by atoms with E-state index in [0.717, 1.165) is 22.4 Å². The number of aryl methyl sites for hydroxylation is 1. The smallest absolute Gasteiger partial charge is 0.331 e. The minimum absolute atomic E-state index is 0.339. The first kappa shape index (κ1) is 21.5. The van der Waals surface area contributed by atoms with Gasteiger partial charge in [0.2, 0.25) is 0 Å². The average Bonchev–Trinajstić information content (AvgIpc) is 2.69. The standard InChI is InChI=1S/C22H24ClNO4/c1-15-4-5-18(14-20(15)23)8-11-21(25)28-16(2)22(26)24-13-12-17-6-9-19(27-3)10-7-17/h4-11,14,16H,12-13H2,1-3H3,(H,24,26)/b11-8+/t16-/m1/s1. The Balaban J connectivity index is 1.76. The topological polar surface area (TPSA) is 64.6 Å². The maximum Gasteiger partial charge on any atom is 0.331 e. The molecule has 0 aliphatic carbocycles. The first-order chi connectivity index (χ1) is 13.4. The number of amides is 1. The van der Waals surface area contributed by atoms with Crippen molar-refractivity contribution in [2.75, 3.05) is 13.7 Å². The lowest BCUT2D eigenvalue weighted by Gasteiger charge is -2.12. The fraction of sp³-hybridized carbons (Fsp3) is 0.273. The highest BCUT2D eigenvalue weighted by Crippen LogP contribution is 2.17. The van der Waals surface area contributed by atoms with Crippen molar-refractivity contribution in [2.45, 2.75) is 26.4 Å². The summed E-state index contributed by atoms with van der Waals surface area (Å²) in [7, 11) is 1.61. The molecule has 2 rings (SSSR count). The maximum atomic E-state index is 12.1. The van der Waals surface area contributed by atoms with Gasteiger partial charge in [-0.15, -0.1) is 0 Å². The summed E-state index contributed by atoms with van der Waals surface area (Å²) in [5.74, 6) is -0.141. The zero-order valence-electron chi connectivity index (χ0n) is 16.2. The van der Waals surface area contributed by atoms with Crippen LogP contribution in [-0.2, 0) is 20.7 Å². The van der Waals surface area contributed by atoms with E-state index in [1.807, 2.05) is 43.3 Å². The second-order valence-corrected chi connectivity index (χ2v) is 6.72. The van der Waals surface area contributed by atoms with E-state index in [1.54, 1.807) is 19.3 Å². The van der Waals surface area contributed by atoms with Crippen LogP contribution in [0.4, 0.5) is 0 Å². The molecule has 1 N–H and O–H groups in total. The van der Waals surface area contributed by atoms with Crippen molar-refractivity contribution in [1.29, 1.82) is 0 Å². The lowest BCUT2D eigenvalue weighted by molar-refractivity contribution is -0.150. The van der Waals surface area contributed by atoms with Crippen LogP contribution in [0.2, 0.25) is 5.02 Å². The van der Waals surface area contributed by atoms with Gasteiger partial charge in [0, 0.05) is 17.6 Å². The molecule has 6 heteroatoms. The molecule has 2 aromatic rings. The first-order valence-corrected chi connectivity index (χ1v) is 9.32. The molecule has 1 atom stereocenters. The van der Waals surface area contributed by atoms with Gasteiger partial charge in [0.1, 0.15) is 5.75 Å². The summed E-state index contributed by atoms with van der Waals surface area (Å²) in [5.41, 5.74) is 2.82. The molecule has 148 valence electrons. The van der Waals surface area contributed by atoms with E-state index in [-0.39, 0.29) is 5.91 Å². The fourth-order valence-corrected chi connectivity index (χ4v) is 2.60. The lowest BCUT2D eigenvalue weighted by Crippen LogP contribution is -2.36. The molecule has 0 aliphatic rings. The van der Waals surface area contributed by atoms with Crippen LogP contribution in [0.1, 0.15) is 23.6 Å². The average molecular weight is 402 g/mol. The Morgan fingerprint density at radius 3 is 2.54 bits per heavy atom. The number of nitrogens with one attached hydrogen (secondary N) is 1. The molecular formula is C22H24ClNO4. The van der Waals surface area contributed by atoms with Crippen LogP contribution in [0.15, 0.2) is 48.5 Å². The normalized spacial score (nSPS) is 11.9. The van der Waals surface area contributed by atoms with E-state index < -0.39 is 12.1 Å². The number of hydrogen-bond donors (Lipinski definition) is 1. The number of esters is 1. The summed E-state index contributed by atoms with van der Waals surface area (Å²) in [6, 6.07) is 13.1. The number of benzene rings is 2. The molecule has 0 unspecified atom stereocenters. The van der Waals surface area contributed by atoms with Gasteiger partial charge in [-0.25, -0.2) is 4.79 Å². The second-order valence-electron chi connectivity index (χ2n) is 6.31. The Bertz CT molecular complexity index is 846. The monoisotopic (exact) mass is 401 g/mol. The van der Waals surface area contributed by atoms with Gasteiger partial charge >= 0.3 is 5.97 Å². The number of rotatable bonds is 8. The van der Waals surface area contributed by atoms with Gasteiger partial charge in [0.05, 0.1) is 7.11 Å². The second kappa shape index (κ2) is 10.5. The minimum Gasteiger partial charge on any atom is -0.497 e. The van der Waals surface area contributed by atoms with Crippen LogP contribution in [0, 0.1) is 6.92 Å². The molecule has 2 aromatic carbocycles. The number of methoxy groups -OCH3 is 1. The Hall–Kier alpha value is -2.79. The van der Waals surface area contributed by atoms with Crippen LogP contribution < -0.4 is 10.1 Å². The Kier molecular flexibility index (Phi) is 8.08. The third-order valence-electron chi connectivity index (χ3n) is 4.14. The molecule has 0 aromatic heterocycles. The van der Waals surface area contributed by atoms with Gasteiger partial charge in [-0.05, 0) is 61.2 Å². The Morgan fingerprint density at radius 2 is 1.89 bits per heavy atom. The molecule has 0 radical (unpaired) electrons. The molecule has 0 saturated carbocycles. The van der Waals surface area contributed by atoms with E-state index in [9.17, 15) is 9.59 Å². The SMILES string of the molecule is COc1ccc(CCNC(=O)[C@@H](C)OC(=O)/C=C/c2ccc(C)c(Cl)c2)cc1. The highest BCUT2D eigenvalue weighted by molar-refractivity contribution is 6.31. The third-order valence-corrected chi connectivity index (χ3v) is 4.55. The zero-order valence-corrected chi connectivity index (χ0v) is 17.0. The summed E-state index contributed by atoms with van der Waals surface area (Å²) < 4.78 is 10.2. The van der Waals surface area contributed by atoms with Gasteiger partial charge < -0.3 is 14.8 Å². The summed E-state index contributed by atoms with van der Waals surface area (Å²) in [6.45, 7) is 3.89. The van der Waals surface area contributed by atoms with Gasteiger partial charge in [0.15, 0.2) is 6.10 Å². The fourth-order valence-electron chi connectivity index (χ4n) is 2.41. The number of hydrogen-bond acceptors (Lipinski definition) is 4. The zero-order chi connectivity index (χ0) is 20.5. The molecule has 0 aliphatic heterocycles. The lowest BCUT2D eigenvalue weighted by atomic mass is 10.1. The molecule has 5 nitrogen and oxygen atoms in total. The summed E-state index contributed by atoms with van der Waals surface area (Å²) in [6.07, 6.45) is 2.67. The van der Waals surface area contributed by atoms with Crippen molar-refractivity contribution >= 4 is 29.6 Å². The van der Waals surface area contributed by atoms with Gasteiger partial charge in [-0.2, -0.15) is 0 Å². The minimum atomic E-state index is -0.880. The van der Waals surface area contributed by atoms with Crippen molar-refractivity contribution in [3.63, 3.8) is 0 Å². The summed E-state index contributed by atoms with van der Waals surface area (Å²) in [5, 5.41) is 3.39. The Labute approximate surface area is 170 Å². The number of carbonyl (C=O) groups is 2. The van der Waals surface area contributed by atoms with Crippen molar-refractivity contribution in [3.05, 3.63) is 70.3 Å². The molecule has 0 heterocycles. The molecule has 0 saturated heterocycles. The van der Waals surface area contributed by atoms with Crippen molar-refractivity contribution in [2.24, 2.45) is 0 Å². The quantitative estimate of drug-likeness (QED) is 0.537. The number of ether oxygens (including phenoxy) is 2. The highest BCUT2D eigenvalue weighted by Gasteiger charge is 2.15. The predicted octanol–water partition coefficient (Wildman–Crippen LogP) is 3.96. The van der Waals surface area contributed by atoms with E-state index >= 15 is 0 Å². The maximum absolute atomic E-state index is 12.1. The van der Waals surface area contributed by atoms with E-state index in [1.165, 1.54) is 13.0 Å². The van der Waals surface area contributed by atoms with E-state index in [2.05, 4.69) is 5.32 Å². The van der Waals surface area contributed by atoms with E-state index in [4.69, 9.17) is 21.1 Å². The predicted molar refractivity (Wildman–Crippen MR) is 110 cm³/mol. The highest BCUT2D eigenvalue weighted by atomic mass is 35.5. The number of carbonyl (C=O) groups excluding carboxylic acids is 2. The largest absolute Gasteiger partial charge is 0.497 e. The van der Waals surface area contributed by atoms with Gasteiger partial charge in [0.25, 0.3) is 5.91 Å². The van der Waals surface area contributed by atoms with Gasteiger partial charge in [-0.1, -0.05) is 35.9 Å². The molecule has 0 spiro atoms. The molecule has 0 bridgehead atoms. The van der Waals surface area contributed by atoms with Crippen LogP contribution in [-0.4, -0.2) is 31.6 Å². The van der Waals surface area contributed by atoms with Gasteiger partial charge in [-0.3, -0.25) is 4.79 Å². The van der Waals surface area contributed by atoms with Crippen LogP contribution >= 0.6 is 11.6 Å². The molecule has 1 amide bonds. The molecular weight excluding hydrogens is 378 g/mol. The number of halogens is 1. The summed E-state index contributed by atoms with van der Waals surface area (Å²) in [4.78, 5) is 24.0. The first-order valence-electron chi connectivity index (χ1n) is 8.94.